The monoisotopic (exact) mass is 283 g/mol. The Bertz CT molecular complexity index is 295. The van der Waals surface area contributed by atoms with Crippen molar-refractivity contribution in [2.24, 2.45) is 5.73 Å². The van der Waals surface area contributed by atoms with Crippen LogP contribution in [0.5, 0.6) is 0 Å². The minimum atomic E-state index is 0.195. The first kappa shape index (κ1) is 16.2. The molecule has 0 aromatic heterocycles. The van der Waals surface area contributed by atoms with Crippen LogP contribution in [0, 0.1) is 0 Å². The summed E-state index contributed by atoms with van der Waals surface area (Å²) in [6.45, 7) is 10.0. The first-order chi connectivity index (χ1) is 9.69. The van der Waals surface area contributed by atoms with Gasteiger partial charge in [0.1, 0.15) is 0 Å². The van der Waals surface area contributed by atoms with E-state index < -0.39 is 0 Å². The molecule has 4 heteroatoms. The van der Waals surface area contributed by atoms with E-state index in [1.165, 1.54) is 38.8 Å². The molecule has 1 aliphatic heterocycles. The second kappa shape index (κ2) is 7.21. The van der Waals surface area contributed by atoms with Gasteiger partial charge in [-0.2, -0.15) is 0 Å². The lowest BCUT2D eigenvalue weighted by molar-refractivity contribution is -0.0153. The molecule has 3 atom stereocenters. The highest BCUT2D eigenvalue weighted by atomic mass is 16.5. The van der Waals surface area contributed by atoms with Crippen molar-refractivity contribution in [3.63, 3.8) is 0 Å². The Balaban J connectivity index is 2.02. The van der Waals surface area contributed by atoms with Gasteiger partial charge in [0.2, 0.25) is 0 Å². The topological polar surface area (TPSA) is 41.7 Å². The van der Waals surface area contributed by atoms with Crippen LogP contribution < -0.4 is 5.73 Å². The smallest absolute Gasteiger partial charge is 0.0589 e. The van der Waals surface area contributed by atoms with Crippen LogP contribution in [0.25, 0.3) is 0 Å². The highest BCUT2D eigenvalue weighted by Gasteiger charge is 2.43. The van der Waals surface area contributed by atoms with Crippen LogP contribution in [0.15, 0.2) is 0 Å². The van der Waals surface area contributed by atoms with E-state index in [1.54, 1.807) is 0 Å². The zero-order valence-electron chi connectivity index (χ0n) is 13.6. The van der Waals surface area contributed by atoms with Gasteiger partial charge in [-0.3, -0.25) is 9.80 Å². The van der Waals surface area contributed by atoms with E-state index in [-0.39, 0.29) is 5.54 Å². The third-order valence-electron chi connectivity index (χ3n) is 5.65. The molecule has 1 saturated carbocycles. The SMILES string of the molecule is CCN(CC)C1CCN(C2(CN)CCCC(OC)C2)C1. The second-order valence-corrected chi connectivity index (χ2v) is 6.49. The number of likely N-dealkylation sites (tertiary alicyclic amines) is 1. The fourth-order valence-electron chi connectivity index (χ4n) is 4.30. The zero-order chi connectivity index (χ0) is 14.6. The maximum absolute atomic E-state index is 6.21. The predicted octanol–water partition coefficient (Wildman–Crippen LogP) is 1.69. The van der Waals surface area contributed by atoms with Crippen LogP contribution in [-0.4, -0.2) is 67.3 Å². The average Bonchev–Trinajstić information content (AvgIpc) is 2.99. The fraction of sp³-hybridized carbons (Fsp3) is 1.00. The number of nitrogens with zero attached hydrogens (tertiary/aromatic N) is 2. The maximum atomic E-state index is 6.21. The molecule has 1 heterocycles. The Morgan fingerprint density at radius 1 is 1.30 bits per heavy atom. The average molecular weight is 283 g/mol. The normalized spacial score (nSPS) is 35.9. The van der Waals surface area contributed by atoms with Crippen molar-refractivity contribution >= 4 is 0 Å². The molecule has 3 unspecified atom stereocenters. The molecule has 0 bridgehead atoms. The first-order valence-electron chi connectivity index (χ1n) is 8.41. The third kappa shape index (κ3) is 3.19. The molecule has 2 fully saturated rings. The molecule has 0 aromatic carbocycles. The van der Waals surface area contributed by atoms with Crippen LogP contribution >= 0.6 is 0 Å². The lowest BCUT2D eigenvalue weighted by Crippen LogP contribution is -2.57. The van der Waals surface area contributed by atoms with Crippen LogP contribution in [-0.2, 0) is 4.74 Å². The van der Waals surface area contributed by atoms with Gasteiger partial charge in [-0.25, -0.2) is 0 Å². The van der Waals surface area contributed by atoms with Gasteiger partial charge >= 0.3 is 0 Å². The van der Waals surface area contributed by atoms with Crippen molar-refractivity contribution < 1.29 is 4.74 Å². The van der Waals surface area contributed by atoms with Crippen molar-refractivity contribution in [3.8, 4) is 0 Å². The summed E-state index contributed by atoms with van der Waals surface area (Å²) >= 11 is 0. The molecular weight excluding hydrogens is 250 g/mol. The lowest BCUT2D eigenvalue weighted by atomic mass is 9.79. The van der Waals surface area contributed by atoms with Crippen molar-refractivity contribution in [2.75, 3.05) is 39.8 Å². The van der Waals surface area contributed by atoms with Gasteiger partial charge in [0, 0.05) is 38.3 Å². The van der Waals surface area contributed by atoms with Gasteiger partial charge in [0.15, 0.2) is 0 Å². The lowest BCUT2D eigenvalue weighted by Gasteiger charge is -2.46. The van der Waals surface area contributed by atoms with E-state index >= 15 is 0 Å². The highest BCUT2D eigenvalue weighted by Crippen LogP contribution is 2.37. The van der Waals surface area contributed by atoms with Crippen LogP contribution in [0.2, 0.25) is 0 Å². The quantitative estimate of drug-likeness (QED) is 0.805. The number of likely N-dealkylation sites (N-methyl/N-ethyl adjacent to an activating group) is 1. The highest BCUT2D eigenvalue weighted by molar-refractivity contribution is 5.01. The number of rotatable bonds is 6. The molecule has 1 aliphatic carbocycles. The Morgan fingerprint density at radius 3 is 2.65 bits per heavy atom. The Morgan fingerprint density at radius 2 is 2.05 bits per heavy atom. The second-order valence-electron chi connectivity index (χ2n) is 6.49. The largest absolute Gasteiger partial charge is 0.381 e. The van der Waals surface area contributed by atoms with E-state index in [2.05, 4.69) is 23.6 Å². The molecule has 0 amide bonds. The van der Waals surface area contributed by atoms with Crippen LogP contribution in [0.3, 0.4) is 0 Å². The Labute approximate surface area is 124 Å². The molecule has 4 nitrogen and oxygen atoms in total. The van der Waals surface area contributed by atoms with Crippen molar-refractivity contribution in [2.45, 2.75) is 63.6 Å². The zero-order valence-corrected chi connectivity index (χ0v) is 13.6. The number of ether oxygens (including phenoxy) is 1. The van der Waals surface area contributed by atoms with Crippen molar-refractivity contribution in [1.82, 2.24) is 9.80 Å². The van der Waals surface area contributed by atoms with Crippen LogP contribution in [0.1, 0.15) is 46.0 Å². The van der Waals surface area contributed by atoms with E-state index in [9.17, 15) is 0 Å². The molecule has 0 radical (unpaired) electrons. The maximum Gasteiger partial charge on any atom is 0.0589 e. The van der Waals surface area contributed by atoms with E-state index in [0.717, 1.165) is 32.1 Å². The summed E-state index contributed by atoms with van der Waals surface area (Å²) in [4.78, 5) is 5.28. The van der Waals surface area contributed by atoms with Crippen LogP contribution in [0.4, 0.5) is 0 Å². The molecule has 118 valence electrons. The predicted molar refractivity (Wildman–Crippen MR) is 83.9 cm³/mol. The fourth-order valence-corrected chi connectivity index (χ4v) is 4.30. The number of hydrogen-bond acceptors (Lipinski definition) is 4. The molecule has 2 rings (SSSR count). The number of nitrogens with two attached hydrogens (primary N) is 1. The minimum absolute atomic E-state index is 0.195. The summed E-state index contributed by atoms with van der Waals surface area (Å²) in [5.74, 6) is 0. The molecule has 2 N–H and O–H groups in total. The summed E-state index contributed by atoms with van der Waals surface area (Å²) in [5.41, 5.74) is 6.41. The molecule has 0 aromatic rings. The van der Waals surface area contributed by atoms with Crippen molar-refractivity contribution in [3.05, 3.63) is 0 Å². The molecular formula is C16H33N3O. The number of hydrogen-bond donors (Lipinski definition) is 1. The Hall–Kier alpha value is -0.160. The Kier molecular flexibility index (Phi) is 5.84. The minimum Gasteiger partial charge on any atom is -0.381 e. The molecule has 1 saturated heterocycles. The van der Waals surface area contributed by atoms with Gasteiger partial charge in [-0.05, 0) is 45.2 Å². The van der Waals surface area contributed by atoms with E-state index in [1.807, 2.05) is 7.11 Å². The van der Waals surface area contributed by atoms with E-state index in [0.29, 0.717) is 6.10 Å². The standard InChI is InChI=1S/C16H33N3O/c1-4-18(5-2)14-8-10-19(12-14)16(13-17)9-6-7-15(11-16)20-3/h14-15H,4-13,17H2,1-3H3. The molecule has 2 aliphatic rings. The first-order valence-corrected chi connectivity index (χ1v) is 8.41. The molecule has 20 heavy (non-hydrogen) atoms. The van der Waals surface area contributed by atoms with Gasteiger partial charge in [0.25, 0.3) is 0 Å². The van der Waals surface area contributed by atoms with Gasteiger partial charge in [0.05, 0.1) is 6.10 Å². The third-order valence-corrected chi connectivity index (χ3v) is 5.65. The van der Waals surface area contributed by atoms with Gasteiger partial charge < -0.3 is 10.5 Å². The van der Waals surface area contributed by atoms with Crippen molar-refractivity contribution in [1.29, 1.82) is 0 Å². The summed E-state index contributed by atoms with van der Waals surface area (Å²) in [6.07, 6.45) is 6.51. The van der Waals surface area contributed by atoms with Gasteiger partial charge in [-0.15, -0.1) is 0 Å². The number of methoxy groups -OCH3 is 1. The summed E-state index contributed by atoms with van der Waals surface area (Å²) in [7, 11) is 1.85. The summed E-state index contributed by atoms with van der Waals surface area (Å²) < 4.78 is 5.63. The summed E-state index contributed by atoms with van der Waals surface area (Å²) in [6, 6.07) is 0.719. The van der Waals surface area contributed by atoms with Gasteiger partial charge in [-0.1, -0.05) is 13.8 Å². The molecule has 0 spiro atoms. The van der Waals surface area contributed by atoms with E-state index in [4.69, 9.17) is 10.5 Å². The summed E-state index contributed by atoms with van der Waals surface area (Å²) in [5, 5.41) is 0.